The number of rotatable bonds is 1. The van der Waals surface area contributed by atoms with Crippen LogP contribution in [0.5, 0.6) is 0 Å². The van der Waals surface area contributed by atoms with Crippen LogP contribution < -0.4 is 0 Å². The molecule has 0 amide bonds. The summed E-state index contributed by atoms with van der Waals surface area (Å²) in [4.78, 5) is 6.88. The maximum Gasteiger partial charge on any atom is 0.164 e. The second kappa shape index (κ2) is 2.02. The summed E-state index contributed by atoms with van der Waals surface area (Å²) in [5.41, 5.74) is 0. The van der Waals surface area contributed by atoms with Gasteiger partial charge in [-0.1, -0.05) is 11.8 Å². The zero-order valence-electron chi connectivity index (χ0n) is 4.01. The summed E-state index contributed by atoms with van der Waals surface area (Å²) in [6.07, 6.45) is 5.54. The van der Waals surface area contributed by atoms with Crippen LogP contribution in [0, 0.1) is 0 Å². The summed E-state index contributed by atoms with van der Waals surface area (Å²) in [5.74, 6) is 0. The lowest BCUT2D eigenvalue weighted by atomic mass is 11.0. The van der Waals surface area contributed by atoms with Crippen LogP contribution in [0.25, 0.3) is 0 Å². The fourth-order valence-corrected chi connectivity index (χ4v) is 0.715. The molecule has 3 heteroatoms. The molecular weight excluding hydrogens is 108 g/mol. The largest absolute Gasteiger partial charge is 0.340 e. The highest BCUT2D eigenvalue weighted by atomic mass is 32.2. The molecule has 0 aliphatic heterocycles. The Morgan fingerprint density at radius 3 is 3.14 bits per heavy atom. The number of H-pyrrole nitrogens is 1. The summed E-state index contributed by atoms with van der Waals surface area (Å²) in [6, 6.07) is 0. The molecule has 0 spiro atoms. The Morgan fingerprint density at radius 2 is 2.86 bits per heavy atom. The van der Waals surface area contributed by atoms with Crippen molar-refractivity contribution in [2.45, 2.75) is 5.16 Å². The summed E-state index contributed by atoms with van der Waals surface area (Å²) >= 11 is 1.61. The molecule has 0 atom stereocenters. The highest BCUT2D eigenvalue weighted by molar-refractivity contribution is 7.98. The maximum atomic E-state index is 3.94. The number of aromatic amines is 1. The highest BCUT2D eigenvalue weighted by Gasteiger charge is 1.83. The van der Waals surface area contributed by atoms with Crippen molar-refractivity contribution in [2.24, 2.45) is 0 Å². The summed E-state index contributed by atoms with van der Waals surface area (Å²) in [5, 5.41) is 0.972. The molecule has 0 unspecified atom stereocenters. The Morgan fingerprint density at radius 1 is 2.00 bits per heavy atom. The number of hydrogen-bond acceptors (Lipinski definition) is 2. The van der Waals surface area contributed by atoms with Gasteiger partial charge in [0.25, 0.3) is 0 Å². The van der Waals surface area contributed by atoms with E-state index in [4.69, 9.17) is 0 Å². The van der Waals surface area contributed by atoms with Gasteiger partial charge in [0, 0.05) is 13.8 Å². The van der Waals surface area contributed by atoms with E-state index in [1.165, 1.54) is 0 Å². The maximum absolute atomic E-state index is 3.94. The SMILES string of the molecule is CSc1ncc[nH]1.[HH]. The van der Waals surface area contributed by atoms with E-state index >= 15 is 0 Å². The van der Waals surface area contributed by atoms with Gasteiger partial charge < -0.3 is 4.98 Å². The van der Waals surface area contributed by atoms with Crippen LogP contribution in [0.4, 0.5) is 0 Å². The van der Waals surface area contributed by atoms with Crippen molar-refractivity contribution in [1.82, 2.24) is 9.97 Å². The van der Waals surface area contributed by atoms with Crippen LogP contribution >= 0.6 is 11.8 Å². The van der Waals surface area contributed by atoms with Gasteiger partial charge in [-0.05, 0) is 6.26 Å². The number of hydrogen-bond donors (Lipinski definition) is 1. The fraction of sp³-hybridized carbons (Fsp3) is 0.250. The number of nitrogens with zero attached hydrogens (tertiary/aromatic N) is 1. The number of thioether (sulfide) groups is 1. The second-order valence-electron chi connectivity index (χ2n) is 1.10. The summed E-state index contributed by atoms with van der Waals surface area (Å²) < 4.78 is 0. The van der Waals surface area contributed by atoms with Crippen LogP contribution in [0.1, 0.15) is 1.43 Å². The van der Waals surface area contributed by atoms with Gasteiger partial charge in [0.05, 0.1) is 0 Å². The Labute approximate surface area is 47.8 Å². The van der Waals surface area contributed by atoms with Crippen molar-refractivity contribution in [3.63, 3.8) is 0 Å². The molecule has 0 aliphatic carbocycles. The van der Waals surface area contributed by atoms with Gasteiger partial charge in [0.1, 0.15) is 0 Å². The zero-order chi connectivity index (χ0) is 5.11. The summed E-state index contributed by atoms with van der Waals surface area (Å²) in [6.45, 7) is 0. The third-order valence-electron chi connectivity index (χ3n) is 0.666. The molecule has 0 bridgehead atoms. The molecule has 1 N–H and O–H groups in total. The average Bonchev–Trinajstić information content (AvgIpc) is 2.14. The first-order valence-corrected chi connectivity index (χ1v) is 3.19. The average molecular weight is 116 g/mol. The lowest BCUT2D eigenvalue weighted by Gasteiger charge is -1.79. The molecule has 1 heterocycles. The molecule has 0 saturated carbocycles. The van der Waals surface area contributed by atoms with Crippen LogP contribution in [-0.2, 0) is 0 Å². The second-order valence-corrected chi connectivity index (χ2v) is 1.89. The van der Waals surface area contributed by atoms with Crippen LogP contribution in [0.15, 0.2) is 17.6 Å². The lowest BCUT2D eigenvalue weighted by Crippen LogP contribution is -1.66. The van der Waals surface area contributed by atoms with Gasteiger partial charge in [0.2, 0.25) is 0 Å². The van der Waals surface area contributed by atoms with Crippen LogP contribution in [0.3, 0.4) is 0 Å². The van der Waals surface area contributed by atoms with Crippen LogP contribution in [0.2, 0.25) is 0 Å². The normalized spacial score (nSPS) is 9.29. The lowest BCUT2D eigenvalue weighted by molar-refractivity contribution is 1.06. The molecule has 0 fully saturated rings. The molecule has 0 radical (unpaired) electrons. The Balaban J connectivity index is 0.000000490. The molecule has 1 aromatic heterocycles. The molecular formula is C4H8N2S. The molecule has 0 saturated heterocycles. The van der Waals surface area contributed by atoms with E-state index in [9.17, 15) is 0 Å². The van der Waals surface area contributed by atoms with Gasteiger partial charge in [-0.25, -0.2) is 4.98 Å². The number of imidazole rings is 1. The Hall–Kier alpha value is -0.440. The van der Waals surface area contributed by atoms with E-state index in [1.807, 2.05) is 12.5 Å². The van der Waals surface area contributed by atoms with E-state index < -0.39 is 0 Å². The van der Waals surface area contributed by atoms with Gasteiger partial charge in [-0.2, -0.15) is 0 Å². The molecule has 40 valence electrons. The molecule has 0 aliphatic rings. The quantitative estimate of drug-likeness (QED) is 0.561. The first kappa shape index (κ1) is 4.71. The minimum Gasteiger partial charge on any atom is -0.340 e. The smallest absolute Gasteiger partial charge is 0.164 e. The predicted molar refractivity (Wildman–Crippen MR) is 32.5 cm³/mol. The minimum absolute atomic E-state index is 0. The third kappa shape index (κ3) is 0.962. The van der Waals surface area contributed by atoms with Crippen molar-refractivity contribution in [2.75, 3.05) is 6.26 Å². The number of nitrogens with one attached hydrogen (secondary N) is 1. The van der Waals surface area contributed by atoms with Crippen molar-refractivity contribution in [3.05, 3.63) is 12.4 Å². The van der Waals surface area contributed by atoms with E-state index in [0.717, 1.165) is 5.16 Å². The topological polar surface area (TPSA) is 28.7 Å². The van der Waals surface area contributed by atoms with Gasteiger partial charge in [0.15, 0.2) is 5.16 Å². The number of aromatic nitrogens is 2. The monoisotopic (exact) mass is 116 g/mol. The van der Waals surface area contributed by atoms with E-state index in [-0.39, 0.29) is 1.43 Å². The first-order valence-electron chi connectivity index (χ1n) is 1.97. The van der Waals surface area contributed by atoms with E-state index in [1.54, 1.807) is 18.0 Å². The van der Waals surface area contributed by atoms with Crippen molar-refractivity contribution >= 4 is 11.8 Å². The van der Waals surface area contributed by atoms with Gasteiger partial charge in [-0.15, -0.1) is 0 Å². The van der Waals surface area contributed by atoms with Crippen molar-refractivity contribution in [3.8, 4) is 0 Å². The fourth-order valence-electron chi connectivity index (χ4n) is 0.362. The van der Waals surface area contributed by atoms with Gasteiger partial charge in [-0.3, -0.25) is 0 Å². The van der Waals surface area contributed by atoms with Crippen molar-refractivity contribution < 1.29 is 1.43 Å². The standard InChI is InChI=1S/C4H6N2S.H2/c1-7-4-5-2-3-6-4;/h2-3H,1H3,(H,5,6);1H. The summed E-state index contributed by atoms with van der Waals surface area (Å²) in [7, 11) is 0. The minimum atomic E-state index is 0. The Kier molecular flexibility index (Phi) is 1.36. The third-order valence-corrected chi connectivity index (χ3v) is 1.28. The molecule has 0 aromatic carbocycles. The molecule has 1 aromatic rings. The van der Waals surface area contributed by atoms with Crippen molar-refractivity contribution in [1.29, 1.82) is 0 Å². The Bertz CT molecular complexity index is 129. The molecule has 1 rings (SSSR count). The van der Waals surface area contributed by atoms with Crippen LogP contribution in [-0.4, -0.2) is 16.2 Å². The zero-order valence-corrected chi connectivity index (χ0v) is 4.83. The predicted octanol–water partition coefficient (Wildman–Crippen LogP) is 1.38. The van der Waals surface area contributed by atoms with E-state index in [0.29, 0.717) is 0 Å². The van der Waals surface area contributed by atoms with E-state index in [2.05, 4.69) is 9.97 Å². The highest BCUT2D eigenvalue weighted by Crippen LogP contribution is 2.03. The van der Waals surface area contributed by atoms with Gasteiger partial charge >= 0.3 is 0 Å². The molecule has 2 nitrogen and oxygen atoms in total. The molecule has 7 heavy (non-hydrogen) atoms. The first-order chi connectivity index (χ1) is 3.43.